The summed E-state index contributed by atoms with van der Waals surface area (Å²) in [6.07, 6.45) is 0. The third-order valence-electron chi connectivity index (χ3n) is 0.967. The van der Waals surface area contributed by atoms with E-state index in [4.69, 9.17) is 0 Å². The Bertz CT molecular complexity index is 222. The van der Waals surface area contributed by atoms with Crippen molar-refractivity contribution >= 4 is 5.69 Å². The standard InChI is InChI=1S/C6H5NO2.3ClH.Fe/c8-7(9)6-4-2-1-3-5-6;;;;/h1-5H;3*1H;/q;;;;+3/p-3. The van der Waals surface area contributed by atoms with Crippen LogP contribution in [0.2, 0.25) is 0 Å². The zero-order valence-corrected chi connectivity index (χ0v) is 9.51. The van der Waals surface area contributed by atoms with Crippen molar-refractivity contribution in [3.63, 3.8) is 0 Å². The zero-order chi connectivity index (χ0) is 6.69. The van der Waals surface area contributed by atoms with Gasteiger partial charge in [-0.05, 0) is 0 Å². The summed E-state index contributed by atoms with van der Waals surface area (Å²) in [5.41, 5.74) is 0.137. The normalized spacial score (nSPS) is 6.15. The van der Waals surface area contributed by atoms with E-state index in [0.717, 1.165) is 0 Å². The van der Waals surface area contributed by atoms with Crippen molar-refractivity contribution in [2.24, 2.45) is 0 Å². The molecular formula is C6H5Cl3FeNO2. The molecule has 0 heterocycles. The predicted molar refractivity (Wildman–Crippen MR) is 33.1 cm³/mol. The second-order valence-corrected chi connectivity index (χ2v) is 1.59. The van der Waals surface area contributed by atoms with Gasteiger partial charge in [-0.2, -0.15) is 0 Å². The van der Waals surface area contributed by atoms with Crippen molar-refractivity contribution in [3.05, 3.63) is 40.4 Å². The topological polar surface area (TPSA) is 43.1 Å². The first-order valence-electron chi connectivity index (χ1n) is 2.50. The summed E-state index contributed by atoms with van der Waals surface area (Å²) in [4.78, 5) is 9.59. The van der Waals surface area contributed by atoms with E-state index in [9.17, 15) is 10.1 Å². The molecule has 1 aromatic carbocycles. The van der Waals surface area contributed by atoms with Crippen molar-refractivity contribution in [2.45, 2.75) is 0 Å². The smallest absolute Gasteiger partial charge is 1.00 e. The molecule has 0 aliphatic heterocycles. The van der Waals surface area contributed by atoms with Gasteiger partial charge in [0.1, 0.15) is 0 Å². The molecule has 0 aliphatic rings. The molecular weight excluding hydrogens is 280 g/mol. The quantitative estimate of drug-likeness (QED) is 0.292. The molecule has 1 radical (unpaired) electrons. The third kappa shape index (κ3) is 8.34. The fraction of sp³-hybridized carbons (Fsp3) is 0. The summed E-state index contributed by atoms with van der Waals surface area (Å²) < 4.78 is 0. The molecule has 7 heteroatoms. The molecule has 75 valence electrons. The molecule has 1 rings (SSSR count). The molecule has 0 N–H and O–H groups in total. The monoisotopic (exact) mass is 284 g/mol. The van der Waals surface area contributed by atoms with Gasteiger partial charge in [0.05, 0.1) is 4.92 Å². The van der Waals surface area contributed by atoms with Crippen LogP contribution in [0.3, 0.4) is 0 Å². The van der Waals surface area contributed by atoms with Gasteiger partial charge in [0, 0.05) is 12.1 Å². The van der Waals surface area contributed by atoms with E-state index >= 15 is 0 Å². The van der Waals surface area contributed by atoms with Crippen LogP contribution in [0.4, 0.5) is 5.69 Å². The van der Waals surface area contributed by atoms with E-state index in [-0.39, 0.29) is 60.0 Å². The van der Waals surface area contributed by atoms with Crippen LogP contribution >= 0.6 is 0 Å². The van der Waals surface area contributed by atoms with Crippen LogP contribution in [0.15, 0.2) is 30.3 Å². The van der Waals surface area contributed by atoms with Crippen LogP contribution in [0.25, 0.3) is 0 Å². The fourth-order valence-corrected chi connectivity index (χ4v) is 0.550. The van der Waals surface area contributed by atoms with Crippen LogP contribution in [-0.4, -0.2) is 4.92 Å². The minimum Gasteiger partial charge on any atom is -1.00 e. The van der Waals surface area contributed by atoms with Gasteiger partial charge >= 0.3 is 17.1 Å². The molecule has 0 bridgehead atoms. The van der Waals surface area contributed by atoms with Gasteiger partial charge in [-0.3, -0.25) is 10.1 Å². The van der Waals surface area contributed by atoms with Gasteiger partial charge in [-0.25, -0.2) is 0 Å². The van der Waals surface area contributed by atoms with E-state index in [0.29, 0.717) is 0 Å². The van der Waals surface area contributed by atoms with E-state index < -0.39 is 4.92 Å². The van der Waals surface area contributed by atoms with Gasteiger partial charge in [0.25, 0.3) is 5.69 Å². The molecule has 0 amide bonds. The van der Waals surface area contributed by atoms with Gasteiger partial charge in [-0.15, -0.1) is 0 Å². The number of hydrogen-bond donors (Lipinski definition) is 0. The van der Waals surface area contributed by atoms with Crippen molar-refractivity contribution < 1.29 is 59.2 Å². The van der Waals surface area contributed by atoms with Crippen molar-refractivity contribution in [3.8, 4) is 0 Å². The van der Waals surface area contributed by atoms with E-state index in [1.54, 1.807) is 18.2 Å². The Labute approximate surface area is 105 Å². The Morgan fingerprint density at radius 1 is 1.00 bits per heavy atom. The molecule has 3 nitrogen and oxygen atoms in total. The Morgan fingerprint density at radius 2 is 1.38 bits per heavy atom. The SMILES string of the molecule is O=[N+]([O-])c1ccccc1.[Cl-].[Cl-].[Cl-].[Fe+3]. The number of nitro benzene ring substituents is 1. The van der Waals surface area contributed by atoms with E-state index in [1.807, 2.05) is 0 Å². The zero-order valence-electron chi connectivity index (χ0n) is 6.14. The second kappa shape index (κ2) is 12.0. The van der Waals surface area contributed by atoms with Gasteiger partial charge in [-0.1, -0.05) is 18.2 Å². The number of halogens is 3. The van der Waals surface area contributed by atoms with Crippen LogP contribution < -0.4 is 37.2 Å². The van der Waals surface area contributed by atoms with Crippen LogP contribution in [-0.2, 0) is 17.1 Å². The van der Waals surface area contributed by atoms with Crippen molar-refractivity contribution in [1.82, 2.24) is 0 Å². The maximum absolute atomic E-state index is 10.0. The van der Waals surface area contributed by atoms with Crippen LogP contribution in [0.1, 0.15) is 0 Å². The summed E-state index contributed by atoms with van der Waals surface area (Å²) in [6, 6.07) is 7.93. The molecule has 0 unspecified atom stereocenters. The number of nitro groups is 1. The predicted octanol–water partition coefficient (Wildman–Crippen LogP) is -7.40. The molecule has 0 fully saturated rings. The van der Waals surface area contributed by atoms with E-state index in [2.05, 4.69) is 0 Å². The molecule has 0 aromatic heterocycles. The van der Waals surface area contributed by atoms with E-state index in [1.165, 1.54) is 12.1 Å². The molecule has 0 atom stereocenters. The third-order valence-corrected chi connectivity index (χ3v) is 0.967. The first-order valence-corrected chi connectivity index (χ1v) is 2.50. The molecule has 0 aliphatic carbocycles. The maximum Gasteiger partial charge on any atom is 3.00 e. The molecule has 0 spiro atoms. The molecule has 13 heavy (non-hydrogen) atoms. The second-order valence-electron chi connectivity index (χ2n) is 1.59. The number of para-hydroxylation sites is 1. The summed E-state index contributed by atoms with van der Waals surface area (Å²) in [7, 11) is 0. The minimum absolute atomic E-state index is 0. The van der Waals surface area contributed by atoms with Gasteiger partial charge in [0.2, 0.25) is 0 Å². The average Bonchev–Trinajstić information content (AvgIpc) is 1.90. The molecule has 0 saturated heterocycles. The molecule has 0 saturated carbocycles. The number of benzene rings is 1. The average molecular weight is 285 g/mol. The van der Waals surface area contributed by atoms with Gasteiger partial charge in [0.15, 0.2) is 0 Å². The number of nitrogens with zero attached hydrogens (tertiary/aromatic N) is 1. The summed E-state index contributed by atoms with van der Waals surface area (Å²) in [6.45, 7) is 0. The first-order chi connectivity index (χ1) is 4.30. The number of non-ortho nitro benzene ring substituents is 1. The summed E-state index contributed by atoms with van der Waals surface area (Å²) in [5, 5.41) is 10.0. The number of rotatable bonds is 1. The Hall–Kier alpha value is 0.00948. The Balaban J connectivity index is -0.000000101. The Morgan fingerprint density at radius 3 is 1.62 bits per heavy atom. The largest absolute Gasteiger partial charge is 3.00 e. The molecule has 1 aromatic rings. The minimum atomic E-state index is -0.417. The van der Waals surface area contributed by atoms with Gasteiger partial charge < -0.3 is 37.2 Å². The van der Waals surface area contributed by atoms with Crippen LogP contribution in [0, 0.1) is 10.1 Å². The summed E-state index contributed by atoms with van der Waals surface area (Å²) >= 11 is 0. The fourth-order valence-electron chi connectivity index (χ4n) is 0.550. The Kier molecular flexibility index (Phi) is 21.4. The first kappa shape index (κ1) is 23.1. The summed E-state index contributed by atoms with van der Waals surface area (Å²) in [5.74, 6) is 0. The van der Waals surface area contributed by atoms with Crippen molar-refractivity contribution in [1.29, 1.82) is 0 Å². The van der Waals surface area contributed by atoms with Crippen LogP contribution in [0.5, 0.6) is 0 Å². The maximum atomic E-state index is 10.0. The number of hydrogen-bond acceptors (Lipinski definition) is 2. The van der Waals surface area contributed by atoms with Crippen molar-refractivity contribution in [2.75, 3.05) is 0 Å².